The lowest BCUT2D eigenvalue weighted by Gasteiger charge is -2.07. The zero-order valence-corrected chi connectivity index (χ0v) is 11.0. The Labute approximate surface area is 113 Å². The second-order valence-corrected chi connectivity index (χ2v) is 4.82. The van der Waals surface area contributed by atoms with Crippen LogP contribution < -0.4 is 10.6 Å². The van der Waals surface area contributed by atoms with E-state index in [-0.39, 0.29) is 0 Å². The Balaban J connectivity index is 1.63. The predicted octanol–water partition coefficient (Wildman–Crippen LogP) is 2.88. The average molecular weight is 254 g/mol. The lowest BCUT2D eigenvalue weighted by atomic mass is 10.1. The molecule has 2 N–H and O–H groups in total. The highest BCUT2D eigenvalue weighted by atomic mass is 15.1. The molecule has 1 heterocycles. The summed E-state index contributed by atoms with van der Waals surface area (Å²) in [5, 5.41) is 6.62. The number of hydrogen-bond donors (Lipinski definition) is 2. The molecule has 0 saturated heterocycles. The second-order valence-electron chi connectivity index (χ2n) is 4.82. The summed E-state index contributed by atoms with van der Waals surface area (Å²) in [5.41, 5.74) is 1.40. The van der Waals surface area contributed by atoms with Gasteiger partial charge in [-0.25, -0.2) is 4.98 Å². The summed E-state index contributed by atoms with van der Waals surface area (Å²) in [5.74, 6) is 2.28. The van der Waals surface area contributed by atoms with E-state index in [0.29, 0.717) is 12.0 Å². The summed E-state index contributed by atoms with van der Waals surface area (Å²) in [6.45, 7) is 2.91. The van der Waals surface area contributed by atoms with Crippen LogP contribution in [0, 0.1) is 0 Å². The van der Waals surface area contributed by atoms with Crippen molar-refractivity contribution in [2.45, 2.75) is 25.3 Å². The molecule has 0 aliphatic heterocycles. The van der Waals surface area contributed by atoms with Gasteiger partial charge in [0.05, 0.1) is 12.4 Å². The summed E-state index contributed by atoms with van der Waals surface area (Å²) < 4.78 is 0. The molecule has 19 heavy (non-hydrogen) atoms. The molecule has 3 rings (SSSR count). The Bertz CT molecular complexity index is 541. The second kappa shape index (κ2) is 5.26. The fraction of sp³-hybridized carbons (Fsp3) is 0.333. The van der Waals surface area contributed by atoms with Gasteiger partial charge in [-0.15, -0.1) is 0 Å². The number of benzene rings is 1. The van der Waals surface area contributed by atoms with Crippen molar-refractivity contribution in [3.63, 3.8) is 0 Å². The molecule has 4 heteroatoms. The summed E-state index contributed by atoms with van der Waals surface area (Å²) in [4.78, 5) is 8.68. The summed E-state index contributed by atoms with van der Waals surface area (Å²) in [7, 11) is 0. The number of rotatable bonds is 5. The zero-order valence-electron chi connectivity index (χ0n) is 11.0. The minimum atomic E-state index is 0.480. The highest BCUT2D eigenvalue weighted by Crippen LogP contribution is 2.42. The molecule has 0 radical (unpaired) electrons. The van der Waals surface area contributed by atoms with Gasteiger partial charge in [-0.1, -0.05) is 30.3 Å². The van der Waals surface area contributed by atoms with Crippen molar-refractivity contribution in [2.24, 2.45) is 0 Å². The topological polar surface area (TPSA) is 49.8 Å². The van der Waals surface area contributed by atoms with Gasteiger partial charge in [-0.05, 0) is 18.9 Å². The third-order valence-corrected chi connectivity index (χ3v) is 3.34. The molecule has 1 fully saturated rings. The first-order chi connectivity index (χ1) is 9.36. The van der Waals surface area contributed by atoms with Gasteiger partial charge in [0.1, 0.15) is 11.6 Å². The molecular weight excluding hydrogens is 236 g/mol. The van der Waals surface area contributed by atoms with Crippen LogP contribution in [0.15, 0.2) is 42.7 Å². The Morgan fingerprint density at radius 2 is 1.95 bits per heavy atom. The van der Waals surface area contributed by atoms with E-state index in [1.54, 1.807) is 12.4 Å². The number of nitrogens with one attached hydrogen (secondary N) is 2. The van der Waals surface area contributed by atoms with E-state index >= 15 is 0 Å². The first kappa shape index (κ1) is 12.0. The van der Waals surface area contributed by atoms with Crippen LogP contribution in [-0.2, 0) is 0 Å². The lowest BCUT2D eigenvalue weighted by molar-refractivity contribution is 1.02. The van der Waals surface area contributed by atoms with Crippen LogP contribution in [0.25, 0.3) is 0 Å². The maximum absolute atomic E-state index is 4.49. The van der Waals surface area contributed by atoms with Crippen molar-refractivity contribution < 1.29 is 0 Å². The highest BCUT2D eigenvalue weighted by Gasteiger charge is 2.38. The minimum Gasteiger partial charge on any atom is -0.369 e. The number of nitrogens with zero attached hydrogens (tertiary/aromatic N) is 2. The van der Waals surface area contributed by atoms with E-state index < -0.39 is 0 Å². The van der Waals surface area contributed by atoms with E-state index in [1.807, 2.05) is 6.92 Å². The first-order valence-corrected chi connectivity index (χ1v) is 6.74. The number of aromatic nitrogens is 2. The van der Waals surface area contributed by atoms with Crippen molar-refractivity contribution in [3.05, 3.63) is 48.3 Å². The van der Waals surface area contributed by atoms with Crippen LogP contribution in [0.3, 0.4) is 0 Å². The highest BCUT2D eigenvalue weighted by molar-refractivity contribution is 5.45. The SMILES string of the molecule is CCNc1cncc(NC2CC2c2ccccc2)n1. The van der Waals surface area contributed by atoms with Gasteiger partial charge in [0.2, 0.25) is 0 Å². The Morgan fingerprint density at radius 1 is 1.16 bits per heavy atom. The monoisotopic (exact) mass is 254 g/mol. The third-order valence-electron chi connectivity index (χ3n) is 3.34. The summed E-state index contributed by atoms with van der Waals surface area (Å²) in [6.07, 6.45) is 4.69. The Hall–Kier alpha value is -2.10. The summed E-state index contributed by atoms with van der Waals surface area (Å²) in [6, 6.07) is 11.1. The summed E-state index contributed by atoms with van der Waals surface area (Å²) >= 11 is 0. The zero-order chi connectivity index (χ0) is 13.1. The minimum absolute atomic E-state index is 0.480. The molecule has 1 aliphatic carbocycles. The van der Waals surface area contributed by atoms with Gasteiger partial charge in [-0.3, -0.25) is 4.98 Å². The first-order valence-electron chi connectivity index (χ1n) is 6.74. The molecular formula is C15H18N4. The Morgan fingerprint density at radius 3 is 2.74 bits per heavy atom. The van der Waals surface area contributed by atoms with Gasteiger partial charge in [0.15, 0.2) is 0 Å². The molecule has 1 saturated carbocycles. The average Bonchev–Trinajstić information content (AvgIpc) is 3.20. The molecule has 1 aliphatic rings. The molecule has 98 valence electrons. The smallest absolute Gasteiger partial charge is 0.147 e. The molecule has 1 aromatic heterocycles. The lowest BCUT2D eigenvalue weighted by Crippen LogP contribution is -2.08. The molecule has 4 nitrogen and oxygen atoms in total. The van der Waals surface area contributed by atoms with Crippen molar-refractivity contribution in [1.82, 2.24) is 9.97 Å². The number of anilines is 2. The van der Waals surface area contributed by atoms with Crippen molar-refractivity contribution in [3.8, 4) is 0 Å². The van der Waals surface area contributed by atoms with Crippen LogP contribution in [-0.4, -0.2) is 22.6 Å². The quantitative estimate of drug-likeness (QED) is 0.861. The predicted molar refractivity (Wildman–Crippen MR) is 77.4 cm³/mol. The van der Waals surface area contributed by atoms with Crippen molar-refractivity contribution >= 4 is 11.6 Å². The maximum atomic E-state index is 4.49. The number of hydrogen-bond acceptors (Lipinski definition) is 4. The van der Waals surface area contributed by atoms with Crippen molar-refractivity contribution in [1.29, 1.82) is 0 Å². The maximum Gasteiger partial charge on any atom is 0.147 e. The molecule has 2 atom stereocenters. The van der Waals surface area contributed by atoms with Crippen LogP contribution >= 0.6 is 0 Å². The third kappa shape index (κ3) is 2.84. The van der Waals surface area contributed by atoms with Gasteiger partial charge in [-0.2, -0.15) is 0 Å². The van der Waals surface area contributed by atoms with Crippen LogP contribution in [0.2, 0.25) is 0 Å². The van der Waals surface area contributed by atoms with Crippen LogP contribution in [0.1, 0.15) is 24.8 Å². The molecule has 0 spiro atoms. The van der Waals surface area contributed by atoms with Gasteiger partial charge < -0.3 is 10.6 Å². The van der Waals surface area contributed by atoms with E-state index in [1.165, 1.54) is 5.56 Å². The van der Waals surface area contributed by atoms with Crippen LogP contribution in [0.5, 0.6) is 0 Å². The van der Waals surface area contributed by atoms with E-state index in [0.717, 1.165) is 24.6 Å². The van der Waals surface area contributed by atoms with Gasteiger partial charge in [0.25, 0.3) is 0 Å². The van der Waals surface area contributed by atoms with Crippen molar-refractivity contribution in [2.75, 3.05) is 17.2 Å². The largest absolute Gasteiger partial charge is 0.369 e. The normalized spacial score (nSPS) is 20.9. The molecule has 0 amide bonds. The molecule has 2 unspecified atom stereocenters. The molecule has 1 aromatic carbocycles. The fourth-order valence-electron chi connectivity index (χ4n) is 2.31. The van der Waals surface area contributed by atoms with E-state index in [4.69, 9.17) is 0 Å². The molecule has 0 bridgehead atoms. The standard InChI is InChI=1S/C15H18N4/c1-2-17-14-9-16-10-15(19-14)18-13-8-12(13)11-6-4-3-5-7-11/h3-7,9-10,12-13H,2,8H2,1H3,(H2,17,18,19). The fourth-order valence-corrected chi connectivity index (χ4v) is 2.31. The van der Waals surface area contributed by atoms with E-state index in [2.05, 4.69) is 50.9 Å². The van der Waals surface area contributed by atoms with Gasteiger partial charge >= 0.3 is 0 Å². The van der Waals surface area contributed by atoms with Gasteiger partial charge in [0, 0.05) is 18.5 Å². The van der Waals surface area contributed by atoms with Crippen LogP contribution in [0.4, 0.5) is 11.6 Å². The Kier molecular flexibility index (Phi) is 3.31. The van der Waals surface area contributed by atoms with E-state index in [9.17, 15) is 0 Å². The molecule has 2 aromatic rings.